The van der Waals surface area contributed by atoms with Crippen LogP contribution in [0.15, 0.2) is 18.2 Å². The van der Waals surface area contributed by atoms with E-state index in [2.05, 4.69) is 5.32 Å². The van der Waals surface area contributed by atoms with Gasteiger partial charge in [-0.15, -0.1) is 0 Å². The number of benzene rings is 1. The molecule has 0 aromatic heterocycles. The predicted octanol–water partition coefficient (Wildman–Crippen LogP) is 1.92. The number of hydrogen-bond acceptors (Lipinski definition) is 3. The number of nitriles is 1. The molecule has 0 aliphatic carbocycles. The molecule has 0 unspecified atom stereocenters. The van der Waals surface area contributed by atoms with Gasteiger partial charge < -0.3 is 10.1 Å². The Kier molecular flexibility index (Phi) is 3.41. The highest BCUT2D eigenvalue weighted by molar-refractivity contribution is 6.31. The van der Waals surface area contributed by atoms with Crippen molar-refractivity contribution in [2.75, 3.05) is 7.11 Å². The largest absolute Gasteiger partial charge is 0.496 e. The van der Waals surface area contributed by atoms with Crippen LogP contribution in [0.1, 0.15) is 5.56 Å². The van der Waals surface area contributed by atoms with E-state index in [0.717, 1.165) is 5.56 Å². The first-order chi connectivity index (χ1) is 6.29. The van der Waals surface area contributed by atoms with Crippen LogP contribution in [0.3, 0.4) is 0 Å². The maximum absolute atomic E-state index is 8.34. The van der Waals surface area contributed by atoms with Crippen molar-refractivity contribution < 1.29 is 4.74 Å². The number of ether oxygens (including phenoxy) is 1. The molecule has 0 saturated heterocycles. The fraction of sp³-hybridized carbons (Fsp3) is 0.222. The molecule has 0 amide bonds. The summed E-state index contributed by atoms with van der Waals surface area (Å²) in [6.07, 6.45) is 1.83. The van der Waals surface area contributed by atoms with Gasteiger partial charge in [-0.1, -0.05) is 17.7 Å². The summed E-state index contributed by atoms with van der Waals surface area (Å²) < 4.78 is 5.09. The van der Waals surface area contributed by atoms with Crippen molar-refractivity contribution in [1.82, 2.24) is 5.32 Å². The Balaban J connectivity index is 2.95. The zero-order chi connectivity index (χ0) is 9.68. The molecule has 3 nitrogen and oxygen atoms in total. The molecule has 0 heterocycles. The summed E-state index contributed by atoms with van der Waals surface area (Å²) in [6.45, 7) is 0.388. The molecule has 0 spiro atoms. The molecule has 0 radical (unpaired) electrons. The van der Waals surface area contributed by atoms with Gasteiger partial charge in [0.2, 0.25) is 0 Å². The summed E-state index contributed by atoms with van der Waals surface area (Å²) in [5.74, 6) is 0.690. The third-order valence-corrected chi connectivity index (χ3v) is 1.99. The SMILES string of the molecule is COc1cccc(Cl)c1CNC#N. The van der Waals surface area contributed by atoms with Crippen molar-refractivity contribution in [3.8, 4) is 11.9 Å². The Morgan fingerprint density at radius 3 is 3.00 bits per heavy atom. The Hall–Kier alpha value is -1.40. The van der Waals surface area contributed by atoms with Crippen molar-refractivity contribution in [2.45, 2.75) is 6.54 Å². The molecule has 0 bridgehead atoms. The molecule has 1 aromatic carbocycles. The summed E-state index contributed by atoms with van der Waals surface area (Å²) in [5.41, 5.74) is 0.799. The molecule has 0 aliphatic rings. The van der Waals surface area contributed by atoms with Crippen molar-refractivity contribution in [2.24, 2.45) is 0 Å². The van der Waals surface area contributed by atoms with Crippen LogP contribution in [0, 0.1) is 11.5 Å². The van der Waals surface area contributed by atoms with E-state index in [1.807, 2.05) is 6.19 Å². The van der Waals surface area contributed by atoms with Crippen molar-refractivity contribution in [1.29, 1.82) is 5.26 Å². The van der Waals surface area contributed by atoms with E-state index in [-0.39, 0.29) is 0 Å². The number of nitrogens with zero attached hydrogens (tertiary/aromatic N) is 1. The second-order valence-electron chi connectivity index (χ2n) is 2.39. The smallest absolute Gasteiger partial charge is 0.176 e. The van der Waals surface area contributed by atoms with E-state index in [1.54, 1.807) is 25.3 Å². The zero-order valence-corrected chi connectivity index (χ0v) is 7.93. The molecule has 13 heavy (non-hydrogen) atoms. The fourth-order valence-corrected chi connectivity index (χ4v) is 1.26. The molecule has 68 valence electrons. The summed E-state index contributed by atoms with van der Waals surface area (Å²) in [5, 5.41) is 11.5. The van der Waals surface area contributed by atoms with Gasteiger partial charge in [-0.3, -0.25) is 0 Å². The molecule has 4 heteroatoms. The minimum atomic E-state index is 0.388. The fourth-order valence-electron chi connectivity index (χ4n) is 1.03. The molecule has 0 saturated carbocycles. The number of halogens is 1. The Morgan fingerprint density at radius 2 is 2.38 bits per heavy atom. The normalized spacial score (nSPS) is 9.00. The highest BCUT2D eigenvalue weighted by atomic mass is 35.5. The second-order valence-corrected chi connectivity index (χ2v) is 2.79. The number of hydrogen-bond donors (Lipinski definition) is 1. The average Bonchev–Trinajstić information content (AvgIpc) is 2.15. The van der Waals surface area contributed by atoms with Crippen LogP contribution in [0.4, 0.5) is 0 Å². The monoisotopic (exact) mass is 196 g/mol. The Bertz CT molecular complexity index is 333. The van der Waals surface area contributed by atoms with Crippen LogP contribution in [-0.4, -0.2) is 7.11 Å². The van der Waals surface area contributed by atoms with Crippen LogP contribution in [0.5, 0.6) is 5.75 Å². The summed E-state index contributed by atoms with van der Waals surface area (Å²) >= 11 is 5.91. The van der Waals surface area contributed by atoms with Crippen LogP contribution < -0.4 is 10.1 Å². The number of methoxy groups -OCH3 is 1. The van der Waals surface area contributed by atoms with E-state index >= 15 is 0 Å². The molecule has 1 N–H and O–H groups in total. The molecular weight excluding hydrogens is 188 g/mol. The maximum atomic E-state index is 8.34. The van der Waals surface area contributed by atoms with Gasteiger partial charge in [0.25, 0.3) is 0 Å². The highest BCUT2D eigenvalue weighted by Gasteiger charge is 2.05. The Morgan fingerprint density at radius 1 is 1.62 bits per heavy atom. The van der Waals surface area contributed by atoms with Crippen molar-refractivity contribution in [3.63, 3.8) is 0 Å². The lowest BCUT2D eigenvalue weighted by atomic mass is 10.2. The van der Waals surface area contributed by atoms with E-state index in [1.165, 1.54) is 0 Å². The summed E-state index contributed by atoms with van der Waals surface area (Å²) in [7, 11) is 1.57. The maximum Gasteiger partial charge on any atom is 0.176 e. The van der Waals surface area contributed by atoms with Gasteiger partial charge in [0.05, 0.1) is 13.7 Å². The molecule has 1 aromatic rings. The predicted molar refractivity (Wildman–Crippen MR) is 50.5 cm³/mol. The third-order valence-electron chi connectivity index (χ3n) is 1.64. The summed E-state index contributed by atoms with van der Waals surface area (Å²) in [6, 6.07) is 5.37. The van der Waals surface area contributed by atoms with Crippen LogP contribution >= 0.6 is 11.6 Å². The van der Waals surface area contributed by atoms with Crippen LogP contribution in [-0.2, 0) is 6.54 Å². The number of rotatable bonds is 3. The van der Waals surface area contributed by atoms with Gasteiger partial charge in [0, 0.05) is 10.6 Å². The van der Waals surface area contributed by atoms with Crippen LogP contribution in [0.25, 0.3) is 0 Å². The van der Waals surface area contributed by atoms with Gasteiger partial charge >= 0.3 is 0 Å². The van der Waals surface area contributed by atoms with Gasteiger partial charge in [0.15, 0.2) is 6.19 Å². The van der Waals surface area contributed by atoms with Crippen LogP contribution in [0.2, 0.25) is 5.02 Å². The zero-order valence-electron chi connectivity index (χ0n) is 7.17. The molecule has 0 fully saturated rings. The topological polar surface area (TPSA) is 45.0 Å². The Labute approximate surface area is 81.9 Å². The van der Waals surface area contributed by atoms with Gasteiger partial charge in [-0.2, -0.15) is 5.26 Å². The van der Waals surface area contributed by atoms with E-state index < -0.39 is 0 Å². The first kappa shape index (κ1) is 9.69. The first-order valence-electron chi connectivity index (χ1n) is 3.73. The lowest BCUT2D eigenvalue weighted by Gasteiger charge is -2.08. The summed E-state index contributed by atoms with van der Waals surface area (Å²) in [4.78, 5) is 0. The van der Waals surface area contributed by atoms with E-state index in [0.29, 0.717) is 17.3 Å². The molecule has 0 atom stereocenters. The standard InChI is InChI=1S/C9H9ClN2O/c1-13-9-4-2-3-8(10)7(9)5-12-6-11/h2-4,12H,5H2,1H3. The molecule has 1 rings (SSSR count). The lowest BCUT2D eigenvalue weighted by molar-refractivity contribution is 0.409. The van der Waals surface area contributed by atoms with Gasteiger partial charge in [0.1, 0.15) is 5.75 Å². The quantitative estimate of drug-likeness (QED) is 0.594. The molecular formula is C9H9ClN2O. The first-order valence-corrected chi connectivity index (χ1v) is 4.10. The number of nitrogens with one attached hydrogen (secondary N) is 1. The van der Waals surface area contributed by atoms with Gasteiger partial charge in [-0.05, 0) is 12.1 Å². The highest BCUT2D eigenvalue weighted by Crippen LogP contribution is 2.25. The van der Waals surface area contributed by atoms with Crippen molar-refractivity contribution >= 4 is 11.6 Å². The average molecular weight is 197 g/mol. The van der Waals surface area contributed by atoms with Gasteiger partial charge in [-0.25, -0.2) is 0 Å². The van der Waals surface area contributed by atoms with Crippen molar-refractivity contribution in [3.05, 3.63) is 28.8 Å². The van der Waals surface area contributed by atoms with E-state index in [9.17, 15) is 0 Å². The lowest BCUT2D eigenvalue weighted by Crippen LogP contribution is -2.06. The minimum Gasteiger partial charge on any atom is -0.496 e. The third kappa shape index (κ3) is 2.27. The second kappa shape index (κ2) is 4.58. The van der Waals surface area contributed by atoms with E-state index in [4.69, 9.17) is 21.6 Å². The minimum absolute atomic E-state index is 0.388. The molecule has 0 aliphatic heterocycles.